The molecule has 1 aliphatic heterocycles. The van der Waals surface area contributed by atoms with E-state index in [-0.39, 0.29) is 12.6 Å². The van der Waals surface area contributed by atoms with Crippen LogP contribution in [-0.4, -0.2) is 47.6 Å². The van der Waals surface area contributed by atoms with E-state index in [0.717, 1.165) is 19.3 Å². The second-order valence-electron chi connectivity index (χ2n) is 4.87. The molecule has 0 atom stereocenters. The smallest absolute Gasteiger partial charge is 0.311 e. The summed E-state index contributed by atoms with van der Waals surface area (Å²) >= 11 is 0. The minimum atomic E-state index is -0.662. The molecular formula is C12H22N4O4. The van der Waals surface area contributed by atoms with Crippen LogP contribution in [-0.2, 0) is 14.4 Å². The van der Waals surface area contributed by atoms with E-state index in [4.69, 9.17) is 10.9 Å². The number of hydroxylamine groups is 1. The summed E-state index contributed by atoms with van der Waals surface area (Å²) in [5.74, 6) is -1.13. The molecule has 8 nitrogen and oxygen atoms in total. The third-order valence-corrected chi connectivity index (χ3v) is 3.50. The second kappa shape index (κ2) is 8.49. The average Bonchev–Trinajstić information content (AvgIpc) is 2.47. The highest BCUT2D eigenvalue weighted by molar-refractivity contribution is 6.34. The molecular weight excluding hydrogens is 264 g/mol. The minimum Gasteiger partial charge on any atom is -0.335 e. The Kier molecular flexibility index (Phi) is 6.96. The predicted molar refractivity (Wildman–Crippen MR) is 70.3 cm³/mol. The number of nitrogens with one attached hydrogen (secondary N) is 2. The molecule has 0 saturated carbocycles. The Labute approximate surface area is 117 Å². The van der Waals surface area contributed by atoms with Crippen LogP contribution >= 0.6 is 0 Å². The van der Waals surface area contributed by atoms with Gasteiger partial charge in [0.2, 0.25) is 5.91 Å². The van der Waals surface area contributed by atoms with E-state index < -0.39 is 11.8 Å². The minimum absolute atomic E-state index is 0.0477. The van der Waals surface area contributed by atoms with Gasteiger partial charge in [0.15, 0.2) is 0 Å². The standard InChI is InChI=1S/C12H22N4O4/c13-8-14-11(18)12(19)16-6-4-9(5-7-16)2-1-3-10(17)15-20/h9,20H,1-8,13H2,(H,14,18)(H,15,17). The molecule has 0 spiro atoms. The van der Waals surface area contributed by atoms with Crippen LogP contribution in [0.5, 0.6) is 0 Å². The maximum absolute atomic E-state index is 11.7. The molecule has 0 bridgehead atoms. The van der Waals surface area contributed by atoms with Crippen LogP contribution in [0.4, 0.5) is 0 Å². The number of hydrogen-bond acceptors (Lipinski definition) is 5. The van der Waals surface area contributed by atoms with Crippen LogP contribution in [0.15, 0.2) is 0 Å². The van der Waals surface area contributed by atoms with Gasteiger partial charge < -0.3 is 16.0 Å². The van der Waals surface area contributed by atoms with E-state index in [1.165, 1.54) is 4.90 Å². The van der Waals surface area contributed by atoms with Crippen molar-refractivity contribution in [3.8, 4) is 0 Å². The fraction of sp³-hybridized carbons (Fsp3) is 0.750. The van der Waals surface area contributed by atoms with Gasteiger partial charge in [-0.05, 0) is 31.6 Å². The Hall–Kier alpha value is -1.67. The van der Waals surface area contributed by atoms with Crippen molar-refractivity contribution in [1.29, 1.82) is 0 Å². The van der Waals surface area contributed by atoms with Gasteiger partial charge in [0.1, 0.15) is 0 Å². The van der Waals surface area contributed by atoms with Crippen molar-refractivity contribution >= 4 is 17.7 Å². The van der Waals surface area contributed by atoms with Crippen LogP contribution in [0.3, 0.4) is 0 Å². The lowest BCUT2D eigenvalue weighted by molar-refractivity contribution is -0.146. The monoisotopic (exact) mass is 286 g/mol. The van der Waals surface area contributed by atoms with E-state index in [2.05, 4.69) is 5.32 Å². The molecule has 0 aliphatic carbocycles. The Morgan fingerprint density at radius 1 is 1.25 bits per heavy atom. The number of hydrogen-bond donors (Lipinski definition) is 4. The summed E-state index contributed by atoms with van der Waals surface area (Å²) in [7, 11) is 0. The molecule has 114 valence electrons. The first-order valence-electron chi connectivity index (χ1n) is 6.78. The number of amides is 3. The molecule has 3 amide bonds. The summed E-state index contributed by atoms with van der Waals surface area (Å²) in [4.78, 5) is 35.5. The molecule has 0 aromatic rings. The summed E-state index contributed by atoms with van der Waals surface area (Å²) in [5.41, 5.74) is 6.76. The quantitative estimate of drug-likeness (QED) is 0.222. The largest absolute Gasteiger partial charge is 0.335 e. The van der Waals surface area contributed by atoms with Crippen LogP contribution < -0.4 is 16.5 Å². The maximum Gasteiger partial charge on any atom is 0.311 e. The molecule has 20 heavy (non-hydrogen) atoms. The summed E-state index contributed by atoms with van der Waals surface area (Å²) in [6.07, 6.45) is 3.53. The van der Waals surface area contributed by atoms with E-state index in [0.29, 0.717) is 31.8 Å². The third kappa shape index (κ3) is 5.14. The van der Waals surface area contributed by atoms with Crippen molar-refractivity contribution < 1.29 is 19.6 Å². The second-order valence-corrected chi connectivity index (χ2v) is 4.87. The maximum atomic E-state index is 11.7. The molecule has 1 heterocycles. The summed E-state index contributed by atoms with van der Waals surface area (Å²) in [6.45, 7) is 1.05. The fourth-order valence-corrected chi connectivity index (χ4v) is 2.34. The Balaban J connectivity index is 2.24. The molecule has 1 fully saturated rings. The van der Waals surface area contributed by atoms with Crippen LogP contribution in [0.25, 0.3) is 0 Å². The number of rotatable bonds is 5. The van der Waals surface area contributed by atoms with E-state index in [1.54, 1.807) is 5.48 Å². The zero-order valence-corrected chi connectivity index (χ0v) is 11.4. The number of piperidine rings is 1. The highest BCUT2D eigenvalue weighted by Crippen LogP contribution is 2.22. The number of nitrogens with zero attached hydrogens (tertiary/aromatic N) is 1. The zero-order chi connectivity index (χ0) is 15.0. The van der Waals surface area contributed by atoms with Crippen molar-refractivity contribution in [2.24, 2.45) is 11.7 Å². The molecule has 0 aromatic carbocycles. The first kappa shape index (κ1) is 16.4. The number of carbonyl (C=O) groups excluding carboxylic acids is 3. The Morgan fingerprint density at radius 3 is 2.45 bits per heavy atom. The first-order valence-corrected chi connectivity index (χ1v) is 6.78. The van der Waals surface area contributed by atoms with E-state index in [1.807, 2.05) is 0 Å². The van der Waals surface area contributed by atoms with Crippen LogP contribution in [0.2, 0.25) is 0 Å². The lowest BCUT2D eigenvalue weighted by Crippen LogP contribution is -2.47. The molecule has 1 rings (SSSR count). The van der Waals surface area contributed by atoms with Gasteiger partial charge in [0, 0.05) is 19.5 Å². The summed E-state index contributed by atoms with van der Waals surface area (Å²) < 4.78 is 0. The summed E-state index contributed by atoms with van der Waals surface area (Å²) in [5, 5.41) is 10.7. The van der Waals surface area contributed by atoms with E-state index in [9.17, 15) is 14.4 Å². The van der Waals surface area contributed by atoms with Gasteiger partial charge in [-0.1, -0.05) is 0 Å². The number of nitrogens with two attached hydrogens (primary N) is 1. The van der Waals surface area contributed by atoms with Gasteiger partial charge in [-0.2, -0.15) is 0 Å². The average molecular weight is 286 g/mol. The number of likely N-dealkylation sites (tertiary alicyclic amines) is 1. The van der Waals surface area contributed by atoms with Gasteiger partial charge in [-0.3, -0.25) is 19.6 Å². The SMILES string of the molecule is NCNC(=O)C(=O)N1CCC(CCCC(=O)NO)CC1. The Morgan fingerprint density at radius 2 is 1.90 bits per heavy atom. The summed E-state index contributed by atoms with van der Waals surface area (Å²) in [6, 6.07) is 0. The zero-order valence-electron chi connectivity index (χ0n) is 11.4. The van der Waals surface area contributed by atoms with Gasteiger partial charge in [-0.15, -0.1) is 0 Å². The number of carbonyl (C=O) groups is 3. The normalized spacial score (nSPS) is 15.8. The molecule has 5 N–H and O–H groups in total. The van der Waals surface area contributed by atoms with Crippen molar-refractivity contribution in [1.82, 2.24) is 15.7 Å². The lowest BCUT2D eigenvalue weighted by Gasteiger charge is -2.31. The highest BCUT2D eigenvalue weighted by Gasteiger charge is 2.26. The van der Waals surface area contributed by atoms with Crippen LogP contribution in [0.1, 0.15) is 32.1 Å². The van der Waals surface area contributed by atoms with Crippen molar-refractivity contribution in [2.75, 3.05) is 19.8 Å². The topological polar surface area (TPSA) is 125 Å². The molecule has 0 aromatic heterocycles. The van der Waals surface area contributed by atoms with E-state index >= 15 is 0 Å². The molecule has 0 radical (unpaired) electrons. The lowest BCUT2D eigenvalue weighted by atomic mass is 9.91. The van der Waals surface area contributed by atoms with Gasteiger partial charge in [-0.25, -0.2) is 5.48 Å². The fourth-order valence-electron chi connectivity index (χ4n) is 2.34. The van der Waals surface area contributed by atoms with Crippen LogP contribution in [0, 0.1) is 5.92 Å². The first-order chi connectivity index (χ1) is 9.58. The molecule has 1 saturated heterocycles. The van der Waals surface area contributed by atoms with Crippen molar-refractivity contribution in [2.45, 2.75) is 32.1 Å². The third-order valence-electron chi connectivity index (χ3n) is 3.50. The molecule has 8 heteroatoms. The van der Waals surface area contributed by atoms with Crippen molar-refractivity contribution in [3.63, 3.8) is 0 Å². The highest BCUT2D eigenvalue weighted by atomic mass is 16.5. The molecule has 1 aliphatic rings. The van der Waals surface area contributed by atoms with Gasteiger partial charge in [0.05, 0.1) is 6.67 Å². The van der Waals surface area contributed by atoms with Gasteiger partial charge >= 0.3 is 11.8 Å². The molecule has 0 unspecified atom stereocenters. The predicted octanol–water partition coefficient (Wildman–Crippen LogP) is -1.07. The van der Waals surface area contributed by atoms with Crippen molar-refractivity contribution in [3.05, 3.63) is 0 Å². The van der Waals surface area contributed by atoms with Gasteiger partial charge in [0.25, 0.3) is 0 Å². The Bertz CT molecular complexity index is 353.